The zero-order chi connectivity index (χ0) is 23.3. The Labute approximate surface area is 195 Å². The number of carbonyl (C=O) groups excluding carboxylic acids is 1. The van der Waals surface area contributed by atoms with Crippen molar-refractivity contribution in [3.05, 3.63) is 75.2 Å². The lowest BCUT2D eigenvalue weighted by Crippen LogP contribution is -2.27. The van der Waals surface area contributed by atoms with Gasteiger partial charge in [-0.2, -0.15) is 5.10 Å². The number of fused-ring (bicyclic) bond motifs is 2. The van der Waals surface area contributed by atoms with Gasteiger partial charge in [-0.25, -0.2) is 9.67 Å². The lowest BCUT2D eigenvalue weighted by atomic mass is 10.1. The molecule has 0 saturated carbocycles. The van der Waals surface area contributed by atoms with E-state index in [-0.39, 0.29) is 23.9 Å². The van der Waals surface area contributed by atoms with Crippen molar-refractivity contribution in [2.75, 3.05) is 11.1 Å². The maximum Gasteiger partial charge on any atom is 0.265 e. The van der Waals surface area contributed by atoms with Crippen LogP contribution in [0, 0.1) is 27.7 Å². The first-order valence-corrected chi connectivity index (χ1v) is 11.9. The number of aromatic nitrogens is 4. The lowest BCUT2D eigenvalue weighted by molar-refractivity contribution is -0.116. The van der Waals surface area contributed by atoms with Gasteiger partial charge in [0.2, 0.25) is 5.91 Å². The molecule has 0 aliphatic carbocycles. The van der Waals surface area contributed by atoms with Crippen LogP contribution in [0.3, 0.4) is 0 Å². The Bertz CT molecular complexity index is 1450. The van der Waals surface area contributed by atoms with Crippen LogP contribution in [0.5, 0.6) is 0 Å². The standard InChI is InChI=1S/C25H25N5O2S/c1-14-5-6-21(17(4)8-14)30-23-20(12-26-30)24(32)29-19(13-33-25(29)28-23)11-22(31)27-18-9-15(2)7-16(3)10-18/h5-10,12,19H,11,13H2,1-4H3,(H,27,31). The van der Waals surface area contributed by atoms with E-state index in [9.17, 15) is 9.59 Å². The highest BCUT2D eigenvalue weighted by molar-refractivity contribution is 7.99. The molecule has 1 unspecified atom stereocenters. The van der Waals surface area contributed by atoms with Crippen molar-refractivity contribution in [3.8, 4) is 5.69 Å². The van der Waals surface area contributed by atoms with Gasteiger partial charge in [-0.15, -0.1) is 0 Å². The summed E-state index contributed by atoms with van der Waals surface area (Å²) < 4.78 is 3.38. The molecule has 0 bridgehead atoms. The molecule has 2 aromatic carbocycles. The number of amides is 1. The van der Waals surface area contributed by atoms with Crippen molar-refractivity contribution < 1.29 is 4.79 Å². The second-order valence-corrected chi connectivity index (χ2v) is 9.73. The molecular formula is C25H25N5O2S. The topological polar surface area (TPSA) is 81.8 Å². The van der Waals surface area contributed by atoms with Crippen molar-refractivity contribution in [3.63, 3.8) is 0 Å². The van der Waals surface area contributed by atoms with Gasteiger partial charge in [0.25, 0.3) is 5.56 Å². The molecule has 1 atom stereocenters. The van der Waals surface area contributed by atoms with Crippen LogP contribution < -0.4 is 10.9 Å². The van der Waals surface area contributed by atoms with Gasteiger partial charge in [0.1, 0.15) is 5.39 Å². The van der Waals surface area contributed by atoms with E-state index in [4.69, 9.17) is 4.98 Å². The molecular weight excluding hydrogens is 434 g/mol. The highest BCUT2D eigenvalue weighted by atomic mass is 32.2. The minimum absolute atomic E-state index is 0.114. The van der Waals surface area contributed by atoms with Crippen molar-refractivity contribution in [2.24, 2.45) is 0 Å². The third kappa shape index (κ3) is 3.95. The number of aryl methyl sites for hydroxylation is 4. The first kappa shape index (κ1) is 21.5. The quantitative estimate of drug-likeness (QED) is 0.455. The van der Waals surface area contributed by atoms with Crippen LogP contribution in [-0.4, -0.2) is 31.0 Å². The van der Waals surface area contributed by atoms with Crippen molar-refractivity contribution in [1.82, 2.24) is 19.3 Å². The number of nitrogens with one attached hydrogen (secondary N) is 1. The number of thioether (sulfide) groups is 1. The van der Waals surface area contributed by atoms with Crippen LogP contribution in [0.4, 0.5) is 5.69 Å². The van der Waals surface area contributed by atoms with Crippen LogP contribution in [0.2, 0.25) is 0 Å². The Morgan fingerprint density at radius 2 is 1.85 bits per heavy atom. The highest BCUT2D eigenvalue weighted by Crippen LogP contribution is 2.34. The Balaban J connectivity index is 1.45. The third-order valence-electron chi connectivity index (χ3n) is 5.88. The Kier molecular flexibility index (Phi) is 5.32. The molecule has 1 N–H and O–H groups in total. The van der Waals surface area contributed by atoms with E-state index >= 15 is 0 Å². The molecule has 8 heteroatoms. The number of nitrogens with zero attached hydrogens (tertiary/aromatic N) is 4. The summed E-state index contributed by atoms with van der Waals surface area (Å²) in [6, 6.07) is 11.8. The summed E-state index contributed by atoms with van der Waals surface area (Å²) >= 11 is 1.50. The smallest absolute Gasteiger partial charge is 0.265 e. The first-order chi connectivity index (χ1) is 15.8. The highest BCUT2D eigenvalue weighted by Gasteiger charge is 2.29. The molecule has 7 nitrogen and oxygen atoms in total. The van der Waals surface area contributed by atoms with E-state index in [2.05, 4.69) is 22.5 Å². The summed E-state index contributed by atoms with van der Waals surface area (Å²) in [7, 11) is 0. The molecule has 168 valence electrons. The second-order valence-electron chi connectivity index (χ2n) is 8.75. The summed E-state index contributed by atoms with van der Waals surface area (Å²) in [4.78, 5) is 30.9. The van der Waals surface area contributed by atoms with Crippen molar-refractivity contribution in [2.45, 2.75) is 45.3 Å². The average molecular weight is 460 g/mol. The molecule has 5 rings (SSSR count). The average Bonchev–Trinajstić information content (AvgIpc) is 3.32. The minimum Gasteiger partial charge on any atom is -0.326 e. The SMILES string of the molecule is Cc1cc(C)cc(NC(=O)CC2CSc3nc4c(cnn4-c4ccc(C)cc4C)c(=O)n32)c1. The Morgan fingerprint density at radius 3 is 2.58 bits per heavy atom. The zero-order valence-electron chi connectivity index (χ0n) is 19.0. The van der Waals surface area contributed by atoms with Gasteiger partial charge in [-0.3, -0.25) is 14.2 Å². The lowest BCUT2D eigenvalue weighted by Gasteiger charge is -2.14. The maximum atomic E-state index is 13.4. The molecule has 0 radical (unpaired) electrons. The fourth-order valence-electron chi connectivity index (χ4n) is 4.47. The number of rotatable bonds is 4. The number of anilines is 1. The van der Waals surface area contributed by atoms with E-state index in [0.29, 0.717) is 21.9 Å². The number of hydrogen-bond acceptors (Lipinski definition) is 5. The molecule has 0 fully saturated rings. The minimum atomic E-state index is -0.246. The molecule has 4 aromatic rings. The van der Waals surface area contributed by atoms with Gasteiger partial charge in [-0.1, -0.05) is 35.5 Å². The zero-order valence-corrected chi connectivity index (χ0v) is 19.9. The monoisotopic (exact) mass is 459 g/mol. The largest absolute Gasteiger partial charge is 0.326 e. The van der Waals surface area contributed by atoms with Crippen LogP contribution in [0.25, 0.3) is 16.7 Å². The van der Waals surface area contributed by atoms with Gasteiger partial charge in [0, 0.05) is 17.9 Å². The first-order valence-electron chi connectivity index (χ1n) is 10.9. The van der Waals surface area contributed by atoms with Crippen LogP contribution in [-0.2, 0) is 4.79 Å². The third-order valence-corrected chi connectivity index (χ3v) is 6.98. The molecule has 1 aliphatic rings. The van der Waals surface area contributed by atoms with Crippen LogP contribution >= 0.6 is 11.8 Å². The molecule has 3 heterocycles. The predicted octanol–water partition coefficient (Wildman–Crippen LogP) is 4.49. The van der Waals surface area contributed by atoms with Gasteiger partial charge in [0.05, 0.1) is 17.9 Å². The second kappa shape index (κ2) is 8.19. The molecule has 0 saturated heterocycles. The van der Waals surface area contributed by atoms with E-state index < -0.39 is 0 Å². The Hall–Kier alpha value is -3.39. The fourth-order valence-corrected chi connectivity index (χ4v) is 5.60. The van der Waals surface area contributed by atoms with E-state index in [0.717, 1.165) is 28.1 Å². The van der Waals surface area contributed by atoms with Crippen molar-refractivity contribution >= 4 is 34.4 Å². The number of benzene rings is 2. The predicted molar refractivity (Wildman–Crippen MR) is 132 cm³/mol. The fraction of sp³-hybridized carbons (Fsp3) is 0.280. The van der Waals surface area contributed by atoms with Crippen LogP contribution in [0.15, 0.2) is 52.5 Å². The van der Waals surface area contributed by atoms with Crippen LogP contribution in [0.1, 0.15) is 34.7 Å². The van der Waals surface area contributed by atoms with Gasteiger partial charge in [0.15, 0.2) is 10.8 Å². The summed E-state index contributed by atoms with van der Waals surface area (Å²) in [5.41, 5.74) is 6.49. The van der Waals surface area contributed by atoms with E-state index in [1.54, 1.807) is 15.4 Å². The molecule has 1 amide bonds. The van der Waals surface area contributed by atoms with Crippen molar-refractivity contribution in [1.29, 1.82) is 0 Å². The van der Waals surface area contributed by atoms with E-state index in [1.165, 1.54) is 17.3 Å². The molecule has 2 aromatic heterocycles. The summed E-state index contributed by atoms with van der Waals surface area (Å²) in [6.07, 6.45) is 1.79. The number of hydrogen-bond donors (Lipinski definition) is 1. The summed E-state index contributed by atoms with van der Waals surface area (Å²) in [6.45, 7) is 8.07. The normalized spacial score (nSPS) is 15.1. The van der Waals surface area contributed by atoms with Gasteiger partial charge >= 0.3 is 0 Å². The Morgan fingerprint density at radius 1 is 1.09 bits per heavy atom. The van der Waals surface area contributed by atoms with Gasteiger partial charge < -0.3 is 5.32 Å². The molecule has 1 aliphatic heterocycles. The maximum absolute atomic E-state index is 13.4. The van der Waals surface area contributed by atoms with Gasteiger partial charge in [-0.05, 0) is 62.6 Å². The van der Waals surface area contributed by atoms with E-state index in [1.807, 2.05) is 52.0 Å². The molecule has 33 heavy (non-hydrogen) atoms. The number of carbonyl (C=O) groups is 1. The summed E-state index contributed by atoms with van der Waals surface area (Å²) in [5, 5.41) is 8.53. The molecule has 0 spiro atoms. The summed E-state index contributed by atoms with van der Waals surface area (Å²) in [5.74, 6) is 0.517.